The minimum atomic E-state index is -0.747. The Balaban J connectivity index is 1.31. The third-order valence-corrected chi connectivity index (χ3v) is 9.95. The van der Waals surface area contributed by atoms with Gasteiger partial charge in [0.25, 0.3) is 0 Å². The van der Waals surface area contributed by atoms with Gasteiger partial charge in [-0.05, 0) is 97.6 Å². The Morgan fingerprint density at radius 3 is 2.30 bits per heavy atom. The molecule has 0 aromatic heterocycles. The molecule has 5 rings (SSSR count). The summed E-state index contributed by atoms with van der Waals surface area (Å²) in [5.41, 5.74) is 6.40. The van der Waals surface area contributed by atoms with Gasteiger partial charge in [-0.2, -0.15) is 0 Å². The number of carbonyl (C=O) groups is 3. The topological polar surface area (TPSA) is 91.0 Å². The average Bonchev–Trinajstić information content (AvgIpc) is 3.72. The van der Waals surface area contributed by atoms with Crippen LogP contribution in [0, 0.1) is 5.92 Å². The Bertz CT molecular complexity index is 1410. The molecule has 1 aromatic carbocycles. The lowest BCUT2D eigenvalue weighted by Gasteiger charge is -2.36. The van der Waals surface area contributed by atoms with Gasteiger partial charge in [0.1, 0.15) is 12.1 Å². The van der Waals surface area contributed by atoms with Crippen LogP contribution in [0.25, 0.3) is 0 Å². The van der Waals surface area contributed by atoms with Gasteiger partial charge in [-0.15, -0.1) is 0 Å². The highest BCUT2D eigenvalue weighted by Crippen LogP contribution is 2.41. The molecule has 3 amide bonds. The van der Waals surface area contributed by atoms with E-state index in [2.05, 4.69) is 91.0 Å². The van der Waals surface area contributed by atoms with Crippen molar-refractivity contribution in [2.45, 2.75) is 116 Å². The maximum Gasteiger partial charge on any atom is 0.407 e. The highest BCUT2D eigenvalue weighted by Gasteiger charge is 2.40. The Hall–Kier alpha value is -3.81. The zero-order chi connectivity index (χ0) is 33.0. The molecule has 2 heterocycles. The van der Waals surface area contributed by atoms with E-state index in [-0.39, 0.29) is 23.1 Å². The number of ether oxygens (including phenoxy) is 1. The summed E-state index contributed by atoms with van der Waals surface area (Å²) < 4.78 is 4.73. The first-order chi connectivity index (χ1) is 22.0. The van der Waals surface area contributed by atoms with Crippen LogP contribution in [0.5, 0.6) is 0 Å². The van der Waals surface area contributed by atoms with Crippen molar-refractivity contribution in [3.8, 4) is 0 Å². The van der Waals surface area contributed by atoms with E-state index in [9.17, 15) is 14.4 Å². The number of likely N-dealkylation sites (tertiary alicyclic amines) is 1. The minimum Gasteiger partial charge on any atom is -0.453 e. The van der Waals surface area contributed by atoms with E-state index in [1.165, 1.54) is 29.5 Å². The number of alkyl carbamates (subject to hydrolysis) is 1. The van der Waals surface area contributed by atoms with Gasteiger partial charge < -0.3 is 25.2 Å². The van der Waals surface area contributed by atoms with E-state index in [0.29, 0.717) is 25.0 Å². The molecule has 2 aliphatic carbocycles. The summed E-state index contributed by atoms with van der Waals surface area (Å²) in [5, 5.41) is 5.79. The van der Waals surface area contributed by atoms with Crippen molar-refractivity contribution in [2.24, 2.45) is 5.92 Å². The molecule has 1 aromatic rings. The first-order valence-corrected chi connectivity index (χ1v) is 17.1. The summed E-state index contributed by atoms with van der Waals surface area (Å²) in [7, 11) is 1.28. The first-order valence-electron chi connectivity index (χ1n) is 17.1. The number of nitrogens with one attached hydrogen (secondary N) is 2. The predicted molar refractivity (Wildman–Crippen MR) is 183 cm³/mol. The molecule has 2 aliphatic heterocycles. The van der Waals surface area contributed by atoms with Crippen LogP contribution in [-0.4, -0.2) is 60.6 Å². The molecule has 0 bridgehead atoms. The van der Waals surface area contributed by atoms with Gasteiger partial charge in [0, 0.05) is 17.9 Å². The van der Waals surface area contributed by atoms with Gasteiger partial charge >= 0.3 is 6.09 Å². The number of anilines is 1. The fourth-order valence-corrected chi connectivity index (χ4v) is 7.33. The first kappa shape index (κ1) is 33.6. The van der Waals surface area contributed by atoms with Gasteiger partial charge in [-0.1, -0.05) is 71.1 Å². The summed E-state index contributed by atoms with van der Waals surface area (Å²) in [6.07, 6.45) is 18.0. The number of nitrogens with zero attached hydrogens (tertiary/aromatic N) is 2. The molecule has 0 radical (unpaired) electrons. The summed E-state index contributed by atoms with van der Waals surface area (Å²) in [6.45, 7) is 11.0. The van der Waals surface area contributed by atoms with Crippen molar-refractivity contribution in [1.82, 2.24) is 15.5 Å². The highest BCUT2D eigenvalue weighted by atomic mass is 16.5. The van der Waals surface area contributed by atoms with E-state index >= 15 is 0 Å². The van der Waals surface area contributed by atoms with Crippen LogP contribution in [-0.2, 0) is 19.7 Å². The summed E-state index contributed by atoms with van der Waals surface area (Å²) >= 11 is 0. The molecule has 2 saturated heterocycles. The molecule has 2 N–H and O–H groups in total. The van der Waals surface area contributed by atoms with Crippen LogP contribution < -0.4 is 15.5 Å². The maximum atomic E-state index is 13.5. The Morgan fingerprint density at radius 1 is 0.957 bits per heavy atom. The van der Waals surface area contributed by atoms with Crippen LogP contribution in [0.3, 0.4) is 0 Å². The largest absolute Gasteiger partial charge is 0.453 e. The van der Waals surface area contributed by atoms with Gasteiger partial charge in [0.15, 0.2) is 0 Å². The molecule has 8 heteroatoms. The molecule has 0 unspecified atom stereocenters. The maximum absolute atomic E-state index is 13.5. The summed E-state index contributed by atoms with van der Waals surface area (Å²) in [6, 6.07) is 8.49. The molecule has 0 spiro atoms. The molecular weight excluding hydrogens is 576 g/mol. The van der Waals surface area contributed by atoms with E-state index in [4.69, 9.17) is 4.74 Å². The number of hydrogen-bond acceptors (Lipinski definition) is 5. The number of benzene rings is 1. The van der Waals surface area contributed by atoms with Crippen molar-refractivity contribution in [2.75, 3.05) is 18.6 Å². The summed E-state index contributed by atoms with van der Waals surface area (Å²) in [4.78, 5) is 43.1. The number of hydrogen-bond donors (Lipinski definition) is 2. The fraction of sp³-hybridized carbons (Fsp3) is 0.553. The zero-order valence-electron chi connectivity index (χ0n) is 28.5. The Morgan fingerprint density at radius 2 is 1.70 bits per heavy atom. The van der Waals surface area contributed by atoms with Gasteiger partial charge in [-0.3, -0.25) is 9.59 Å². The highest BCUT2D eigenvalue weighted by molar-refractivity contribution is 5.92. The molecule has 0 saturated carbocycles. The fourth-order valence-electron chi connectivity index (χ4n) is 7.33. The lowest BCUT2D eigenvalue weighted by Crippen LogP contribution is -2.55. The van der Waals surface area contributed by atoms with E-state index in [1.807, 2.05) is 13.8 Å². The monoisotopic (exact) mass is 628 g/mol. The van der Waals surface area contributed by atoms with Crippen molar-refractivity contribution in [3.63, 3.8) is 0 Å². The lowest BCUT2D eigenvalue weighted by atomic mass is 9.87. The third kappa shape index (κ3) is 7.42. The van der Waals surface area contributed by atoms with Gasteiger partial charge in [-0.25, -0.2) is 4.79 Å². The van der Waals surface area contributed by atoms with Crippen LogP contribution in [0.15, 0.2) is 71.5 Å². The smallest absolute Gasteiger partial charge is 0.407 e. The third-order valence-electron chi connectivity index (χ3n) is 9.95. The van der Waals surface area contributed by atoms with Crippen molar-refractivity contribution < 1.29 is 19.1 Å². The van der Waals surface area contributed by atoms with Crippen molar-refractivity contribution >= 4 is 23.6 Å². The normalized spacial score (nSPS) is 23.9. The van der Waals surface area contributed by atoms with Gasteiger partial charge in [0.2, 0.25) is 11.8 Å². The SMILES string of the molecule is COC(=O)N[C@H](C(=O)N1CCC[C@H]1C(=O)NC1=CC=C([C@@H]2CC[C@@H](C3=CCCC=C3)N2c2ccc(C(C)(C)C)cc2)CC1)C(C)C. The molecule has 4 atom stereocenters. The second-order valence-electron chi connectivity index (χ2n) is 14.5. The number of rotatable bonds is 8. The average molecular weight is 629 g/mol. The molecule has 248 valence electrons. The summed E-state index contributed by atoms with van der Waals surface area (Å²) in [5.74, 6) is -0.545. The molecule has 46 heavy (non-hydrogen) atoms. The second kappa shape index (κ2) is 14.3. The number of methoxy groups -OCH3 is 1. The molecular formula is C38H52N4O4. The number of allylic oxidation sites excluding steroid dienone is 5. The van der Waals surface area contributed by atoms with Crippen molar-refractivity contribution in [3.05, 3.63) is 77.1 Å². The molecule has 4 aliphatic rings. The minimum absolute atomic E-state index is 0.105. The Kier molecular flexibility index (Phi) is 10.4. The zero-order valence-corrected chi connectivity index (χ0v) is 28.5. The molecule has 2 fully saturated rings. The predicted octanol–water partition coefficient (Wildman–Crippen LogP) is 6.69. The van der Waals surface area contributed by atoms with Crippen LogP contribution in [0.2, 0.25) is 0 Å². The molecule has 8 nitrogen and oxygen atoms in total. The van der Waals surface area contributed by atoms with E-state index in [0.717, 1.165) is 50.6 Å². The number of carbonyl (C=O) groups excluding carboxylic acids is 3. The van der Waals surface area contributed by atoms with Crippen LogP contribution >= 0.6 is 0 Å². The lowest BCUT2D eigenvalue weighted by molar-refractivity contribution is -0.140. The van der Waals surface area contributed by atoms with Gasteiger partial charge in [0.05, 0.1) is 19.2 Å². The number of amides is 3. The Labute approximate surface area is 275 Å². The quantitative estimate of drug-likeness (QED) is 0.335. The second-order valence-corrected chi connectivity index (χ2v) is 14.5. The van der Waals surface area contributed by atoms with Crippen molar-refractivity contribution in [1.29, 1.82) is 0 Å². The standard InChI is InChI=1S/C38H52N4O4/c1-25(2)34(40-37(45)46-6)36(44)41-24-10-13-33(41)35(43)39-29-18-14-27(15-19-29)32-23-22-31(26-11-8-7-9-12-26)42(32)30-20-16-28(17-21-30)38(3,4)5/h8,11-12,14,16-18,20-21,25,31-34H,7,9-10,13,15,19,22-24H2,1-6H3,(H,39,43)(H,40,45)/t31-,32-,33-,34-/m0/s1. The van der Waals surface area contributed by atoms with Crippen LogP contribution in [0.4, 0.5) is 10.5 Å². The van der Waals surface area contributed by atoms with E-state index in [1.54, 1.807) is 4.90 Å². The van der Waals surface area contributed by atoms with E-state index < -0.39 is 18.2 Å². The van der Waals surface area contributed by atoms with Crippen LogP contribution in [0.1, 0.15) is 91.5 Å².